The summed E-state index contributed by atoms with van der Waals surface area (Å²) >= 11 is 0. The monoisotopic (exact) mass is 453 g/mol. The van der Waals surface area contributed by atoms with Crippen LogP contribution in [0.15, 0.2) is 59.6 Å². The number of carbonyl (C=O) groups is 1. The first kappa shape index (κ1) is 20.6. The molecule has 0 spiro atoms. The average molecular weight is 453 g/mol. The molecular weight excluding hydrogens is 433 g/mol. The maximum absolute atomic E-state index is 14.3. The number of hydrogen-bond donors (Lipinski definition) is 1. The highest BCUT2D eigenvalue weighted by molar-refractivity contribution is 7.89. The van der Waals surface area contributed by atoms with Crippen LogP contribution in [-0.4, -0.2) is 31.5 Å². The number of amides is 1. The first-order valence-corrected chi connectivity index (χ1v) is 11.7. The van der Waals surface area contributed by atoms with Gasteiger partial charge in [0, 0.05) is 29.9 Å². The molecule has 0 radical (unpaired) electrons. The number of nitrogens with zero attached hydrogens (tertiary/aromatic N) is 2. The van der Waals surface area contributed by atoms with E-state index in [0.717, 1.165) is 29.0 Å². The lowest BCUT2D eigenvalue weighted by molar-refractivity contribution is -0.124. The Kier molecular flexibility index (Phi) is 4.75. The highest BCUT2D eigenvalue weighted by Crippen LogP contribution is 2.38. The summed E-state index contributed by atoms with van der Waals surface area (Å²) in [5, 5.41) is 5.15. The number of rotatable bonds is 3. The summed E-state index contributed by atoms with van der Waals surface area (Å²) in [4.78, 5) is 18.6. The van der Waals surface area contributed by atoms with Gasteiger partial charge >= 0.3 is 0 Å². The van der Waals surface area contributed by atoms with Crippen molar-refractivity contribution in [2.75, 3.05) is 4.90 Å². The molecule has 0 unspecified atom stereocenters. The second-order valence-electron chi connectivity index (χ2n) is 8.07. The SMILES string of the molecule is C[C@@H]1Cc2cc(F)c(S(N)(=O)=O)cc2N1C(=O)[C@@H]1Cc2cc(-c3ccccn3)ccc2O1. The zero-order chi connectivity index (χ0) is 22.6. The maximum Gasteiger partial charge on any atom is 0.268 e. The van der Waals surface area contributed by atoms with Gasteiger partial charge in [0.1, 0.15) is 16.5 Å². The number of anilines is 1. The van der Waals surface area contributed by atoms with E-state index in [4.69, 9.17) is 9.88 Å². The van der Waals surface area contributed by atoms with Gasteiger partial charge in [-0.3, -0.25) is 9.78 Å². The summed E-state index contributed by atoms with van der Waals surface area (Å²) in [6.07, 6.45) is 1.74. The van der Waals surface area contributed by atoms with E-state index < -0.39 is 26.8 Å². The molecule has 164 valence electrons. The van der Waals surface area contributed by atoms with Crippen molar-refractivity contribution >= 4 is 21.6 Å². The molecule has 2 aliphatic rings. The third-order valence-corrected chi connectivity index (χ3v) is 6.79. The van der Waals surface area contributed by atoms with Gasteiger partial charge in [0.15, 0.2) is 6.10 Å². The molecule has 2 N–H and O–H groups in total. The third-order valence-electron chi connectivity index (χ3n) is 5.86. The molecule has 1 amide bonds. The molecule has 32 heavy (non-hydrogen) atoms. The number of ether oxygens (including phenoxy) is 1. The second kappa shape index (κ2) is 7.39. The fraction of sp³-hybridized carbons (Fsp3) is 0.217. The number of benzene rings is 2. The number of primary sulfonamides is 1. The van der Waals surface area contributed by atoms with Gasteiger partial charge in [-0.1, -0.05) is 6.07 Å². The molecule has 0 aliphatic carbocycles. The average Bonchev–Trinajstić information content (AvgIpc) is 3.32. The molecule has 7 nitrogen and oxygen atoms in total. The number of pyridine rings is 1. The van der Waals surface area contributed by atoms with Crippen molar-refractivity contribution in [2.45, 2.75) is 36.8 Å². The van der Waals surface area contributed by atoms with Gasteiger partial charge in [-0.25, -0.2) is 17.9 Å². The van der Waals surface area contributed by atoms with E-state index in [2.05, 4.69) is 4.98 Å². The number of fused-ring (bicyclic) bond motifs is 2. The predicted molar refractivity (Wildman–Crippen MR) is 116 cm³/mol. The molecule has 3 heterocycles. The summed E-state index contributed by atoms with van der Waals surface area (Å²) in [6, 6.07) is 13.3. The van der Waals surface area contributed by atoms with Crippen LogP contribution in [0, 0.1) is 5.82 Å². The molecule has 0 saturated carbocycles. The number of carbonyl (C=O) groups excluding carboxylic acids is 1. The molecule has 3 aromatic rings. The van der Waals surface area contributed by atoms with E-state index in [0.29, 0.717) is 29.8 Å². The Morgan fingerprint density at radius 1 is 1.16 bits per heavy atom. The smallest absolute Gasteiger partial charge is 0.268 e. The maximum atomic E-state index is 14.3. The van der Waals surface area contributed by atoms with Crippen LogP contribution in [0.1, 0.15) is 18.1 Å². The van der Waals surface area contributed by atoms with E-state index in [9.17, 15) is 17.6 Å². The predicted octanol–water partition coefficient (Wildman–Crippen LogP) is 2.82. The van der Waals surface area contributed by atoms with E-state index in [1.165, 1.54) is 4.90 Å². The molecular formula is C23H20FN3O4S. The van der Waals surface area contributed by atoms with Crippen molar-refractivity contribution in [3.05, 3.63) is 71.7 Å². The van der Waals surface area contributed by atoms with Crippen LogP contribution in [0.3, 0.4) is 0 Å². The highest BCUT2D eigenvalue weighted by atomic mass is 32.2. The summed E-state index contributed by atoms with van der Waals surface area (Å²) in [6.45, 7) is 1.83. The van der Waals surface area contributed by atoms with Crippen LogP contribution < -0.4 is 14.8 Å². The summed E-state index contributed by atoms with van der Waals surface area (Å²) in [7, 11) is -4.27. The molecule has 0 bridgehead atoms. The fourth-order valence-corrected chi connectivity index (χ4v) is 5.01. The van der Waals surface area contributed by atoms with E-state index in [-0.39, 0.29) is 11.9 Å². The largest absolute Gasteiger partial charge is 0.480 e. The number of hydrogen-bond acceptors (Lipinski definition) is 5. The Hall–Kier alpha value is -3.30. The first-order chi connectivity index (χ1) is 15.2. The first-order valence-electron chi connectivity index (χ1n) is 10.1. The van der Waals surface area contributed by atoms with Crippen LogP contribution >= 0.6 is 0 Å². The molecule has 2 aliphatic heterocycles. The van der Waals surface area contributed by atoms with Crippen molar-refractivity contribution in [1.29, 1.82) is 0 Å². The Morgan fingerprint density at radius 3 is 2.69 bits per heavy atom. The van der Waals surface area contributed by atoms with E-state index in [1.807, 2.05) is 43.3 Å². The fourth-order valence-electron chi connectivity index (χ4n) is 4.41. The van der Waals surface area contributed by atoms with E-state index in [1.54, 1.807) is 6.20 Å². The minimum atomic E-state index is -4.27. The topological polar surface area (TPSA) is 103 Å². The number of nitrogens with two attached hydrogens (primary N) is 1. The summed E-state index contributed by atoms with van der Waals surface area (Å²) in [5.41, 5.74) is 3.55. The Bertz CT molecular complexity index is 1340. The number of aromatic nitrogens is 1. The minimum absolute atomic E-state index is 0.274. The van der Waals surface area contributed by atoms with Gasteiger partial charge in [0.2, 0.25) is 10.0 Å². The van der Waals surface area contributed by atoms with Crippen molar-refractivity contribution in [1.82, 2.24) is 4.98 Å². The Labute approximate surface area is 184 Å². The molecule has 2 aromatic carbocycles. The lowest BCUT2D eigenvalue weighted by Gasteiger charge is -2.25. The highest BCUT2D eigenvalue weighted by Gasteiger charge is 2.39. The Morgan fingerprint density at radius 2 is 1.97 bits per heavy atom. The van der Waals surface area contributed by atoms with Gasteiger partial charge in [-0.15, -0.1) is 0 Å². The van der Waals surface area contributed by atoms with Crippen molar-refractivity contribution in [3.8, 4) is 17.0 Å². The second-order valence-corrected chi connectivity index (χ2v) is 9.60. The van der Waals surface area contributed by atoms with Crippen LogP contribution in [-0.2, 0) is 27.7 Å². The van der Waals surface area contributed by atoms with Crippen LogP contribution in [0.25, 0.3) is 11.3 Å². The summed E-state index contributed by atoms with van der Waals surface area (Å²) in [5.74, 6) is -0.599. The lowest BCUT2D eigenvalue weighted by Crippen LogP contribution is -2.44. The van der Waals surface area contributed by atoms with E-state index >= 15 is 0 Å². The van der Waals surface area contributed by atoms with Gasteiger partial charge in [0.05, 0.1) is 5.69 Å². The van der Waals surface area contributed by atoms with Crippen molar-refractivity contribution in [2.24, 2.45) is 5.14 Å². The molecule has 9 heteroatoms. The normalized spacial score (nSPS) is 19.4. The number of halogens is 1. The summed E-state index contributed by atoms with van der Waals surface area (Å²) < 4.78 is 43.7. The standard InChI is InChI=1S/C23H20FN3O4S/c1-13-8-15-10-17(24)22(32(25,29)30)12-19(15)27(13)23(28)21-11-16-9-14(5-6-20(16)31-21)18-4-2-3-7-26-18/h2-7,9-10,12-13,21H,8,11H2,1H3,(H2,25,29,30)/t13-,21+/m1/s1. The zero-order valence-corrected chi connectivity index (χ0v) is 18.0. The van der Waals surface area contributed by atoms with Gasteiger partial charge in [-0.05, 0) is 66.9 Å². The zero-order valence-electron chi connectivity index (χ0n) is 17.2. The molecule has 1 aromatic heterocycles. The van der Waals surface area contributed by atoms with Crippen molar-refractivity contribution < 1.29 is 22.3 Å². The van der Waals surface area contributed by atoms with Crippen LogP contribution in [0.2, 0.25) is 0 Å². The van der Waals surface area contributed by atoms with Gasteiger partial charge in [0.25, 0.3) is 5.91 Å². The third kappa shape index (κ3) is 3.43. The quantitative estimate of drug-likeness (QED) is 0.657. The minimum Gasteiger partial charge on any atom is -0.480 e. The number of sulfonamides is 1. The van der Waals surface area contributed by atoms with Crippen molar-refractivity contribution in [3.63, 3.8) is 0 Å². The molecule has 2 atom stereocenters. The van der Waals surface area contributed by atoms with Crippen LogP contribution in [0.5, 0.6) is 5.75 Å². The molecule has 0 fully saturated rings. The molecule has 0 saturated heterocycles. The lowest BCUT2D eigenvalue weighted by atomic mass is 10.0. The van der Waals surface area contributed by atoms with Crippen LogP contribution in [0.4, 0.5) is 10.1 Å². The molecule has 5 rings (SSSR count). The Balaban J connectivity index is 1.44. The van der Waals surface area contributed by atoms with Gasteiger partial charge < -0.3 is 9.64 Å². The van der Waals surface area contributed by atoms with Gasteiger partial charge in [-0.2, -0.15) is 0 Å².